The minimum Gasteiger partial charge on any atom is -0.477 e. The van der Waals surface area contributed by atoms with Crippen LogP contribution in [0.1, 0.15) is 0 Å². The number of dihydropyridines is 1. The van der Waals surface area contributed by atoms with Crippen LogP contribution in [0.5, 0.6) is 0 Å². The van der Waals surface area contributed by atoms with E-state index in [1.54, 1.807) is 0 Å². The predicted octanol–water partition coefficient (Wildman–Crippen LogP) is -0.484. The quantitative estimate of drug-likeness (QED) is 0.583. The lowest BCUT2D eigenvalue weighted by Gasteiger charge is -2.11. The lowest BCUT2D eigenvalue weighted by Crippen LogP contribution is -2.32. The molecule has 74 valence electrons. The predicted molar refractivity (Wildman–Crippen MR) is 49.7 cm³/mol. The second kappa shape index (κ2) is 3.09. The summed E-state index contributed by atoms with van der Waals surface area (Å²) in [7, 11) is 0. The number of carbonyl (C=O) groups excluding carboxylic acids is 2. The topological polar surface area (TPSA) is 96.2 Å². The second-order valence-electron chi connectivity index (χ2n) is 2.82. The van der Waals surface area contributed by atoms with E-state index in [9.17, 15) is 14.4 Å². The van der Waals surface area contributed by atoms with Crippen molar-refractivity contribution in [3.8, 4) is 0 Å². The fourth-order valence-corrected chi connectivity index (χ4v) is 1.18. The van der Waals surface area contributed by atoms with E-state index in [1.807, 2.05) is 0 Å². The Morgan fingerprint density at radius 1 is 1.27 bits per heavy atom. The van der Waals surface area contributed by atoms with Crippen molar-refractivity contribution in [3.63, 3.8) is 0 Å². The molecule has 1 N–H and O–H groups in total. The van der Waals surface area contributed by atoms with Crippen LogP contribution >= 0.6 is 0 Å². The fraction of sp³-hybridized carbons (Fsp3) is 0. The van der Waals surface area contributed by atoms with Crippen molar-refractivity contribution in [1.82, 2.24) is 0 Å². The Balaban J connectivity index is 2.53. The molecule has 2 aliphatic rings. The van der Waals surface area contributed by atoms with Gasteiger partial charge in [-0.05, 0) is 6.08 Å². The molecule has 0 aromatic carbocycles. The average Bonchev–Trinajstić information content (AvgIpc) is 2.19. The Morgan fingerprint density at radius 3 is 2.67 bits per heavy atom. The van der Waals surface area contributed by atoms with E-state index in [2.05, 4.69) is 9.98 Å². The van der Waals surface area contributed by atoms with E-state index in [-0.39, 0.29) is 11.4 Å². The number of carboxylic acid groups (broad SMARTS) is 1. The lowest BCUT2D eigenvalue weighted by atomic mass is 10.00. The highest BCUT2D eigenvalue weighted by atomic mass is 16.4. The van der Waals surface area contributed by atoms with E-state index in [0.717, 1.165) is 12.3 Å². The number of ketones is 1. The van der Waals surface area contributed by atoms with Gasteiger partial charge in [0.1, 0.15) is 11.3 Å². The van der Waals surface area contributed by atoms with Crippen LogP contribution in [-0.2, 0) is 14.4 Å². The molecule has 2 heterocycles. The van der Waals surface area contributed by atoms with Crippen LogP contribution in [0, 0.1) is 0 Å². The number of fused-ring (bicyclic) bond motifs is 1. The number of allylic oxidation sites excluding steroid dienone is 1. The minimum atomic E-state index is -1.38. The fourth-order valence-electron chi connectivity index (χ4n) is 1.18. The normalized spacial score (nSPS) is 19.1. The van der Waals surface area contributed by atoms with Crippen molar-refractivity contribution in [1.29, 1.82) is 0 Å². The van der Waals surface area contributed by atoms with Crippen LogP contribution in [0.3, 0.4) is 0 Å². The first kappa shape index (κ1) is 9.20. The molecule has 0 saturated heterocycles. The maximum atomic E-state index is 11.5. The zero-order valence-electron chi connectivity index (χ0n) is 7.30. The van der Waals surface area contributed by atoms with Crippen LogP contribution in [-0.4, -0.2) is 34.2 Å². The number of aliphatic imine (C=N–C) groups is 2. The van der Waals surface area contributed by atoms with E-state index in [4.69, 9.17) is 5.11 Å². The van der Waals surface area contributed by atoms with Gasteiger partial charge >= 0.3 is 5.97 Å². The number of aliphatic carboxylic acids is 1. The monoisotopic (exact) mass is 204 g/mol. The molecule has 2 aliphatic heterocycles. The molecule has 0 fully saturated rings. The van der Waals surface area contributed by atoms with Gasteiger partial charge in [-0.25, -0.2) is 9.79 Å². The van der Waals surface area contributed by atoms with Crippen LogP contribution in [0.2, 0.25) is 0 Å². The van der Waals surface area contributed by atoms with E-state index >= 15 is 0 Å². The van der Waals surface area contributed by atoms with E-state index < -0.39 is 23.2 Å². The molecule has 0 aromatic rings. The number of carboxylic acids is 1. The maximum absolute atomic E-state index is 11.5. The van der Waals surface area contributed by atoms with Gasteiger partial charge in [-0.2, -0.15) is 0 Å². The molecule has 1 amide bonds. The van der Waals surface area contributed by atoms with Gasteiger partial charge in [0.2, 0.25) is 5.78 Å². The van der Waals surface area contributed by atoms with Gasteiger partial charge in [-0.1, -0.05) is 0 Å². The molecule has 0 aliphatic carbocycles. The Kier molecular flexibility index (Phi) is 1.89. The standard InChI is InChI=1S/C9H4N2O4/c12-6-2-1-5-7(11-6)8(13)4(3-10-5)9(14)15/h1-3H,(H,14,15). The third-order valence-electron chi connectivity index (χ3n) is 1.87. The molecular weight excluding hydrogens is 200 g/mol. The number of hydrogen-bond donors (Lipinski definition) is 1. The zero-order chi connectivity index (χ0) is 11.0. The van der Waals surface area contributed by atoms with Gasteiger partial charge in [-0.3, -0.25) is 14.6 Å². The van der Waals surface area contributed by atoms with Gasteiger partial charge in [-0.15, -0.1) is 0 Å². The maximum Gasteiger partial charge on any atom is 0.341 e. The molecule has 0 unspecified atom stereocenters. The van der Waals surface area contributed by atoms with Crippen molar-refractivity contribution >= 4 is 29.1 Å². The number of amides is 1. The van der Waals surface area contributed by atoms with Gasteiger partial charge < -0.3 is 5.11 Å². The number of rotatable bonds is 1. The second-order valence-corrected chi connectivity index (χ2v) is 2.82. The first-order valence-corrected chi connectivity index (χ1v) is 3.96. The Labute approximate surface area is 83.3 Å². The Bertz CT molecular complexity index is 508. The molecule has 0 radical (unpaired) electrons. The first-order chi connectivity index (χ1) is 7.09. The summed E-state index contributed by atoms with van der Waals surface area (Å²) in [5.41, 5.74) is -0.479. The third-order valence-corrected chi connectivity index (χ3v) is 1.87. The van der Waals surface area contributed by atoms with E-state index in [0.29, 0.717) is 0 Å². The summed E-state index contributed by atoms with van der Waals surface area (Å²) in [6.45, 7) is 0. The van der Waals surface area contributed by atoms with Crippen molar-refractivity contribution in [2.75, 3.05) is 0 Å². The molecule has 6 nitrogen and oxygen atoms in total. The molecule has 6 heteroatoms. The van der Waals surface area contributed by atoms with Crippen LogP contribution in [0.4, 0.5) is 0 Å². The molecule has 0 spiro atoms. The number of hydrogen-bond acceptors (Lipinski definition) is 4. The molecule has 0 bridgehead atoms. The molecule has 2 rings (SSSR count). The Hall–Kier alpha value is -2.37. The summed E-state index contributed by atoms with van der Waals surface area (Å²) in [4.78, 5) is 40.1. The largest absolute Gasteiger partial charge is 0.477 e. The minimum absolute atomic E-state index is 0.206. The summed E-state index contributed by atoms with van der Waals surface area (Å²) in [6, 6.07) is 0. The molecule has 0 aromatic heterocycles. The number of nitrogens with zero attached hydrogens (tertiary/aromatic N) is 2. The van der Waals surface area contributed by atoms with Gasteiger partial charge in [0, 0.05) is 12.3 Å². The summed E-state index contributed by atoms with van der Waals surface area (Å²) in [5, 5.41) is 8.65. The SMILES string of the molecule is O=C1C=CC2=NC=C(C(=O)O)C(=O)C2=N1. The van der Waals surface area contributed by atoms with Crippen LogP contribution in [0.15, 0.2) is 33.9 Å². The summed E-state index contributed by atoms with van der Waals surface area (Å²) in [5.74, 6) is -2.76. The average molecular weight is 204 g/mol. The van der Waals surface area contributed by atoms with Crippen molar-refractivity contribution in [3.05, 3.63) is 23.9 Å². The highest BCUT2D eigenvalue weighted by molar-refractivity contribution is 6.76. The van der Waals surface area contributed by atoms with Crippen LogP contribution < -0.4 is 0 Å². The Morgan fingerprint density at radius 2 is 2.00 bits per heavy atom. The molecule has 0 saturated carbocycles. The summed E-state index contributed by atoms with van der Waals surface area (Å²) in [6.07, 6.45) is 3.45. The highest BCUT2D eigenvalue weighted by Gasteiger charge is 2.30. The lowest BCUT2D eigenvalue weighted by molar-refractivity contribution is -0.134. The molecule has 15 heavy (non-hydrogen) atoms. The highest BCUT2D eigenvalue weighted by Crippen LogP contribution is 2.11. The van der Waals surface area contributed by atoms with Crippen molar-refractivity contribution < 1.29 is 19.5 Å². The van der Waals surface area contributed by atoms with Crippen molar-refractivity contribution in [2.24, 2.45) is 9.98 Å². The first-order valence-electron chi connectivity index (χ1n) is 3.96. The summed E-state index contributed by atoms with van der Waals surface area (Å²) >= 11 is 0. The van der Waals surface area contributed by atoms with Gasteiger partial charge in [0.15, 0.2) is 0 Å². The number of carbonyl (C=O) groups is 3. The van der Waals surface area contributed by atoms with Crippen molar-refractivity contribution in [2.45, 2.75) is 0 Å². The van der Waals surface area contributed by atoms with E-state index in [1.165, 1.54) is 6.08 Å². The zero-order valence-corrected chi connectivity index (χ0v) is 7.30. The van der Waals surface area contributed by atoms with Gasteiger partial charge in [0.05, 0.1) is 5.71 Å². The number of Topliss-reactive ketones (excluding diaryl/α,β-unsaturated/α-hetero) is 1. The summed E-state index contributed by atoms with van der Waals surface area (Å²) < 4.78 is 0. The smallest absolute Gasteiger partial charge is 0.341 e. The molecule has 0 atom stereocenters. The van der Waals surface area contributed by atoms with Crippen LogP contribution in [0.25, 0.3) is 0 Å². The molecular formula is C9H4N2O4. The third kappa shape index (κ3) is 1.41. The van der Waals surface area contributed by atoms with Gasteiger partial charge in [0.25, 0.3) is 5.91 Å².